The molecule has 1 unspecified atom stereocenters. The Hall–Kier alpha value is -1.19. The van der Waals surface area contributed by atoms with E-state index >= 15 is 0 Å². The zero-order chi connectivity index (χ0) is 10.5. The average molecular weight is 206 g/mol. The number of benzene rings is 1. The predicted octanol–water partition coefficient (Wildman–Crippen LogP) is 1.46. The fourth-order valence-corrected chi connectivity index (χ4v) is 1.65. The van der Waals surface area contributed by atoms with Crippen LogP contribution in [0.5, 0.6) is 0 Å². The van der Waals surface area contributed by atoms with Gasteiger partial charge in [0, 0.05) is 12.0 Å². The normalized spacial score (nSPS) is 21.2. The van der Waals surface area contributed by atoms with Gasteiger partial charge in [-0.25, -0.2) is 0 Å². The molecular weight excluding hydrogens is 192 g/mol. The molecule has 0 spiro atoms. The van der Waals surface area contributed by atoms with Gasteiger partial charge in [0.1, 0.15) is 6.29 Å². The van der Waals surface area contributed by atoms with Crippen LogP contribution in [0.15, 0.2) is 24.3 Å². The largest absolute Gasteiger partial charge is 0.376 e. The fourth-order valence-electron chi connectivity index (χ4n) is 1.65. The molecule has 0 radical (unpaired) electrons. The van der Waals surface area contributed by atoms with Crippen LogP contribution >= 0.6 is 0 Å². The first-order valence-corrected chi connectivity index (χ1v) is 5.12. The minimum absolute atomic E-state index is 0.154. The van der Waals surface area contributed by atoms with Gasteiger partial charge in [-0.05, 0) is 5.56 Å². The Kier molecular flexibility index (Phi) is 3.48. The minimum Gasteiger partial charge on any atom is -0.376 e. The summed E-state index contributed by atoms with van der Waals surface area (Å²) in [5.74, 6) is 0. The van der Waals surface area contributed by atoms with Crippen molar-refractivity contribution in [1.29, 1.82) is 0 Å². The number of hydrogen-bond donors (Lipinski definition) is 0. The molecule has 1 atom stereocenters. The van der Waals surface area contributed by atoms with E-state index in [4.69, 9.17) is 9.47 Å². The number of carbonyl (C=O) groups excluding carboxylic acids is 1. The Morgan fingerprint density at radius 3 is 2.67 bits per heavy atom. The molecule has 1 aliphatic rings. The molecule has 1 fully saturated rings. The van der Waals surface area contributed by atoms with Crippen molar-refractivity contribution in [1.82, 2.24) is 0 Å². The monoisotopic (exact) mass is 206 g/mol. The van der Waals surface area contributed by atoms with Crippen LogP contribution in [0.3, 0.4) is 0 Å². The van der Waals surface area contributed by atoms with Crippen molar-refractivity contribution < 1.29 is 14.3 Å². The van der Waals surface area contributed by atoms with Gasteiger partial charge in [-0.15, -0.1) is 0 Å². The molecule has 1 heterocycles. The Labute approximate surface area is 89.0 Å². The lowest BCUT2D eigenvalue weighted by Crippen LogP contribution is -2.30. The molecule has 0 saturated carbocycles. The van der Waals surface area contributed by atoms with Gasteiger partial charge in [0.2, 0.25) is 0 Å². The Bertz CT molecular complexity index is 312. The maximum Gasteiger partial charge on any atom is 0.150 e. The van der Waals surface area contributed by atoms with Crippen molar-refractivity contribution in [2.24, 2.45) is 0 Å². The number of rotatable bonds is 3. The highest BCUT2D eigenvalue weighted by Crippen LogP contribution is 2.10. The van der Waals surface area contributed by atoms with Gasteiger partial charge in [-0.1, -0.05) is 24.3 Å². The van der Waals surface area contributed by atoms with E-state index in [0.29, 0.717) is 25.4 Å². The first kappa shape index (κ1) is 10.3. The molecule has 1 aromatic rings. The van der Waals surface area contributed by atoms with E-state index in [2.05, 4.69) is 0 Å². The van der Waals surface area contributed by atoms with Crippen LogP contribution < -0.4 is 0 Å². The highest BCUT2D eigenvalue weighted by atomic mass is 16.6. The van der Waals surface area contributed by atoms with Crippen LogP contribution in [0.1, 0.15) is 15.9 Å². The summed E-state index contributed by atoms with van der Waals surface area (Å²) in [5.41, 5.74) is 1.88. The van der Waals surface area contributed by atoms with Crippen LogP contribution in [-0.2, 0) is 15.9 Å². The van der Waals surface area contributed by atoms with Crippen molar-refractivity contribution in [3.05, 3.63) is 35.4 Å². The highest BCUT2D eigenvalue weighted by molar-refractivity contribution is 5.74. The van der Waals surface area contributed by atoms with E-state index in [9.17, 15) is 4.79 Å². The zero-order valence-electron chi connectivity index (χ0n) is 8.52. The fraction of sp³-hybridized carbons (Fsp3) is 0.417. The molecule has 0 bridgehead atoms. The van der Waals surface area contributed by atoms with Crippen LogP contribution in [-0.4, -0.2) is 32.2 Å². The molecule has 80 valence electrons. The third kappa shape index (κ3) is 2.88. The summed E-state index contributed by atoms with van der Waals surface area (Å²) in [6.07, 6.45) is 1.85. The maximum atomic E-state index is 10.5. The smallest absolute Gasteiger partial charge is 0.150 e. The lowest BCUT2D eigenvalue weighted by molar-refractivity contribution is -0.0872. The second kappa shape index (κ2) is 5.05. The molecule has 3 heteroatoms. The summed E-state index contributed by atoms with van der Waals surface area (Å²) in [4.78, 5) is 10.5. The Balaban J connectivity index is 1.94. The summed E-state index contributed by atoms with van der Waals surface area (Å²) >= 11 is 0. The van der Waals surface area contributed by atoms with Gasteiger partial charge in [-0.3, -0.25) is 4.79 Å². The third-order valence-electron chi connectivity index (χ3n) is 2.46. The topological polar surface area (TPSA) is 35.5 Å². The lowest BCUT2D eigenvalue weighted by Gasteiger charge is -2.22. The third-order valence-corrected chi connectivity index (χ3v) is 2.46. The number of hydrogen-bond acceptors (Lipinski definition) is 3. The maximum absolute atomic E-state index is 10.5. The molecule has 15 heavy (non-hydrogen) atoms. The van der Waals surface area contributed by atoms with Crippen LogP contribution in [0.25, 0.3) is 0 Å². The van der Waals surface area contributed by atoms with E-state index in [-0.39, 0.29) is 6.10 Å². The zero-order valence-corrected chi connectivity index (χ0v) is 8.52. The van der Waals surface area contributed by atoms with Crippen molar-refractivity contribution in [3.8, 4) is 0 Å². The van der Waals surface area contributed by atoms with E-state index in [1.807, 2.05) is 24.3 Å². The Morgan fingerprint density at radius 1 is 1.27 bits per heavy atom. The minimum atomic E-state index is 0.154. The van der Waals surface area contributed by atoms with Crippen molar-refractivity contribution >= 4 is 6.29 Å². The molecule has 0 aromatic heterocycles. The first-order chi connectivity index (χ1) is 7.38. The second-order valence-corrected chi connectivity index (χ2v) is 3.63. The quantitative estimate of drug-likeness (QED) is 0.702. The SMILES string of the molecule is O=Cc1ccc(CC2COCCO2)cc1. The number of aldehydes is 1. The highest BCUT2D eigenvalue weighted by Gasteiger charge is 2.14. The van der Waals surface area contributed by atoms with E-state index < -0.39 is 0 Å². The van der Waals surface area contributed by atoms with Crippen LogP contribution in [0, 0.1) is 0 Å². The molecule has 1 saturated heterocycles. The molecule has 2 rings (SSSR count). The first-order valence-electron chi connectivity index (χ1n) is 5.12. The molecule has 0 amide bonds. The molecule has 1 aliphatic heterocycles. The van der Waals surface area contributed by atoms with Gasteiger partial charge in [0.25, 0.3) is 0 Å². The van der Waals surface area contributed by atoms with Crippen molar-refractivity contribution in [2.75, 3.05) is 19.8 Å². The van der Waals surface area contributed by atoms with Crippen LogP contribution in [0.2, 0.25) is 0 Å². The summed E-state index contributed by atoms with van der Waals surface area (Å²) in [6.45, 7) is 2.03. The van der Waals surface area contributed by atoms with Crippen molar-refractivity contribution in [3.63, 3.8) is 0 Å². The predicted molar refractivity (Wildman–Crippen MR) is 56.1 cm³/mol. The summed E-state index contributed by atoms with van der Waals surface area (Å²) in [7, 11) is 0. The summed E-state index contributed by atoms with van der Waals surface area (Å²) in [5, 5.41) is 0. The number of carbonyl (C=O) groups is 1. The molecule has 0 N–H and O–H groups in total. The van der Waals surface area contributed by atoms with Crippen molar-refractivity contribution in [2.45, 2.75) is 12.5 Å². The second-order valence-electron chi connectivity index (χ2n) is 3.63. The molecular formula is C12H14O3. The van der Waals surface area contributed by atoms with E-state index in [1.165, 1.54) is 5.56 Å². The average Bonchev–Trinajstić information content (AvgIpc) is 2.31. The summed E-state index contributed by atoms with van der Waals surface area (Å²) < 4.78 is 10.9. The Morgan fingerprint density at radius 2 is 2.07 bits per heavy atom. The van der Waals surface area contributed by atoms with Gasteiger partial charge in [0.15, 0.2) is 0 Å². The molecule has 0 aliphatic carbocycles. The van der Waals surface area contributed by atoms with Gasteiger partial charge in [-0.2, -0.15) is 0 Å². The summed E-state index contributed by atoms with van der Waals surface area (Å²) in [6, 6.07) is 7.57. The molecule has 3 nitrogen and oxygen atoms in total. The van der Waals surface area contributed by atoms with Gasteiger partial charge < -0.3 is 9.47 Å². The van der Waals surface area contributed by atoms with Crippen LogP contribution in [0.4, 0.5) is 0 Å². The van der Waals surface area contributed by atoms with Gasteiger partial charge >= 0.3 is 0 Å². The molecule has 1 aromatic carbocycles. The van der Waals surface area contributed by atoms with Gasteiger partial charge in [0.05, 0.1) is 25.9 Å². The standard InChI is InChI=1S/C12H14O3/c13-8-11-3-1-10(2-4-11)7-12-9-14-5-6-15-12/h1-4,8,12H,5-7,9H2. The van der Waals surface area contributed by atoms with E-state index in [0.717, 1.165) is 12.7 Å². The number of ether oxygens (including phenoxy) is 2. The lowest BCUT2D eigenvalue weighted by atomic mass is 10.1. The van der Waals surface area contributed by atoms with E-state index in [1.54, 1.807) is 0 Å².